The first-order valence-electron chi connectivity index (χ1n) is 5.36. The summed E-state index contributed by atoms with van der Waals surface area (Å²) >= 11 is 0. The van der Waals surface area contributed by atoms with Gasteiger partial charge >= 0.3 is 6.18 Å². The zero-order chi connectivity index (χ0) is 11.8. The van der Waals surface area contributed by atoms with Gasteiger partial charge in [0.25, 0.3) is 0 Å². The maximum atomic E-state index is 12.4. The molecule has 0 spiro atoms. The van der Waals surface area contributed by atoms with Crippen molar-refractivity contribution >= 4 is 0 Å². The Morgan fingerprint density at radius 1 is 1.44 bits per heavy atom. The molecule has 0 unspecified atom stereocenters. The summed E-state index contributed by atoms with van der Waals surface area (Å²) in [7, 11) is 0. The zero-order valence-electron chi connectivity index (χ0n) is 9.06. The molecule has 6 heteroatoms. The second-order valence-corrected chi connectivity index (χ2v) is 3.90. The summed E-state index contributed by atoms with van der Waals surface area (Å²) in [5.41, 5.74) is 1.51. The van der Waals surface area contributed by atoms with Crippen molar-refractivity contribution in [3.05, 3.63) is 17.2 Å². The SMILES string of the molecule is CCc1nc2c(n1CC(F)(F)F)CCNC2. The molecule has 1 aromatic rings. The molecule has 0 aliphatic carbocycles. The summed E-state index contributed by atoms with van der Waals surface area (Å²) in [4.78, 5) is 4.25. The first-order chi connectivity index (χ1) is 7.51. The lowest BCUT2D eigenvalue weighted by molar-refractivity contribution is -0.141. The van der Waals surface area contributed by atoms with Gasteiger partial charge in [0.1, 0.15) is 12.4 Å². The molecule has 3 nitrogen and oxygen atoms in total. The first-order valence-corrected chi connectivity index (χ1v) is 5.36. The minimum absolute atomic E-state index is 0.531. The third kappa shape index (κ3) is 2.21. The van der Waals surface area contributed by atoms with Gasteiger partial charge in [-0.3, -0.25) is 0 Å². The van der Waals surface area contributed by atoms with E-state index in [1.54, 1.807) is 0 Å². The van der Waals surface area contributed by atoms with Crippen LogP contribution >= 0.6 is 0 Å². The minimum atomic E-state index is -4.18. The highest BCUT2D eigenvalue weighted by atomic mass is 19.4. The molecule has 16 heavy (non-hydrogen) atoms. The molecule has 90 valence electrons. The Morgan fingerprint density at radius 3 is 2.81 bits per heavy atom. The third-order valence-electron chi connectivity index (χ3n) is 2.72. The normalized spacial score (nSPS) is 16.2. The van der Waals surface area contributed by atoms with E-state index < -0.39 is 12.7 Å². The van der Waals surface area contributed by atoms with E-state index in [9.17, 15) is 13.2 Å². The summed E-state index contributed by atoms with van der Waals surface area (Å²) in [6.45, 7) is 2.21. The molecular formula is C10H14F3N3. The average molecular weight is 233 g/mol. The van der Waals surface area contributed by atoms with Crippen LogP contribution in [0.4, 0.5) is 13.2 Å². The van der Waals surface area contributed by atoms with Crippen LogP contribution in [-0.4, -0.2) is 22.3 Å². The van der Waals surface area contributed by atoms with Crippen LogP contribution in [0.3, 0.4) is 0 Å². The molecule has 1 aliphatic rings. The molecule has 0 saturated heterocycles. The van der Waals surface area contributed by atoms with E-state index in [-0.39, 0.29) is 0 Å². The van der Waals surface area contributed by atoms with Crippen LogP contribution in [0.5, 0.6) is 0 Å². The number of halogens is 3. The second kappa shape index (κ2) is 4.08. The van der Waals surface area contributed by atoms with E-state index in [1.165, 1.54) is 4.57 Å². The lowest BCUT2D eigenvalue weighted by Gasteiger charge is -2.17. The Bertz CT molecular complexity index is 381. The number of imidazole rings is 1. The third-order valence-corrected chi connectivity index (χ3v) is 2.72. The van der Waals surface area contributed by atoms with Gasteiger partial charge in [-0.1, -0.05) is 6.92 Å². The molecule has 1 aliphatic heterocycles. The van der Waals surface area contributed by atoms with Gasteiger partial charge in [0.2, 0.25) is 0 Å². The highest BCUT2D eigenvalue weighted by Gasteiger charge is 2.31. The molecule has 0 saturated carbocycles. The summed E-state index contributed by atoms with van der Waals surface area (Å²) in [6, 6.07) is 0. The van der Waals surface area contributed by atoms with Gasteiger partial charge in [-0.05, 0) is 0 Å². The maximum absolute atomic E-state index is 12.4. The van der Waals surface area contributed by atoms with Crippen molar-refractivity contribution in [2.24, 2.45) is 0 Å². The highest BCUT2D eigenvalue weighted by molar-refractivity contribution is 5.20. The van der Waals surface area contributed by atoms with E-state index >= 15 is 0 Å². The topological polar surface area (TPSA) is 29.9 Å². The quantitative estimate of drug-likeness (QED) is 0.841. The highest BCUT2D eigenvalue weighted by Crippen LogP contribution is 2.23. The number of hydrogen-bond donors (Lipinski definition) is 1. The largest absolute Gasteiger partial charge is 0.406 e. The molecule has 0 bridgehead atoms. The van der Waals surface area contributed by atoms with Crippen molar-refractivity contribution in [1.82, 2.24) is 14.9 Å². The summed E-state index contributed by atoms with van der Waals surface area (Å²) in [6.07, 6.45) is -3.02. The summed E-state index contributed by atoms with van der Waals surface area (Å²) < 4.78 is 38.7. The van der Waals surface area contributed by atoms with E-state index in [0.717, 1.165) is 17.9 Å². The maximum Gasteiger partial charge on any atom is 0.406 e. The number of nitrogens with zero attached hydrogens (tertiary/aromatic N) is 2. The lowest BCUT2D eigenvalue weighted by atomic mass is 10.2. The number of aryl methyl sites for hydroxylation is 1. The summed E-state index contributed by atoms with van der Waals surface area (Å²) in [5, 5.41) is 3.11. The van der Waals surface area contributed by atoms with Crippen molar-refractivity contribution in [1.29, 1.82) is 0 Å². The molecule has 0 fully saturated rings. The monoisotopic (exact) mass is 233 g/mol. The standard InChI is InChI=1S/C10H14F3N3/c1-2-9-15-7-5-14-4-3-8(7)16(9)6-10(11,12)13/h14H,2-6H2,1H3. The minimum Gasteiger partial charge on any atom is -0.323 e. The number of fused-ring (bicyclic) bond motifs is 1. The van der Waals surface area contributed by atoms with Crippen LogP contribution in [0.1, 0.15) is 24.1 Å². The number of nitrogens with one attached hydrogen (secondary N) is 1. The second-order valence-electron chi connectivity index (χ2n) is 3.90. The fraction of sp³-hybridized carbons (Fsp3) is 0.700. The fourth-order valence-electron chi connectivity index (χ4n) is 2.06. The van der Waals surface area contributed by atoms with Crippen molar-refractivity contribution in [2.75, 3.05) is 6.54 Å². The van der Waals surface area contributed by atoms with Gasteiger partial charge in [0.15, 0.2) is 0 Å². The molecule has 0 aromatic carbocycles. The lowest BCUT2D eigenvalue weighted by Crippen LogP contribution is -2.27. The van der Waals surface area contributed by atoms with Gasteiger partial charge in [0.05, 0.1) is 5.69 Å². The Kier molecular flexibility index (Phi) is 2.92. The molecule has 0 atom stereocenters. The van der Waals surface area contributed by atoms with Crippen molar-refractivity contribution in [3.8, 4) is 0 Å². The Hall–Kier alpha value is -1.04. The molecular weight excluding hydrogens is 219 g/mol. The Balaban J connectivity index is 2.37. The molecule has 2 heterocycles. The van der Waals surface area contributed by atoms with Gasteiger partial charge in [-0.25, -0.2) is 4.98 Å². The Morgan fingerprint density at radius 2 is 2.19 bits per heavy atom. The zero-order valence-corrected chi connectivity index (χ0v) is 9.06. The Labute approximate surface area is 91.7 Å². The summed E-state index contributed by atoms with van der Waals surface area (Å²) in [5.74, 6) is 0.533. The van der Waals surface area contributed by atoms with Crippen LogP contribution in [0.15, 0.2) is 0 Å². The molecule has 1 aromatic heterocycles. The van der Waals surface area contributed by atoms with Crippen LogP contribution in [0.2, 0.25) is 0 Å². The van der Waals surface area contributed by atoms with E-state index in [1.807, 2.05) is 6.92 Å². The van der Waals surface area contributed by atoms with Crippen molar-refractivity contribution < 1.29 is 13.2 Å². The van der Waals surface area contributed by atoms with Crippen LogP contribution in [0.25, 0.3) is 0 Å². The fourth-order valence-corrected chi connectivity index (χ4v) is 2.06. The van der Waals surface area contributed by atoms with Crippen molar-refractivity contribution in [2.45, 2.75) is 39.0 Å². The van der Waals surface area contributed by atoms with Crippen LogP contribution in [-0.2, 0) is 25.9 Å². The van der Waals surface area contributed by atoms with E-state index in [2.05, 4.69) is 10.3 Å². The van der Waals surface area contributed by atoms with E-state index in [4.69, 9.17) is 0 Å². The molecule has 1 N–H and O–H groups in total. The van der Waals surface area contributed by atoms with Gasteiger partial charge in [-0.15, -0.1) is 0 Å². The predicted molar refractivity (Wildman–Crippen MR) is 53.1 cm³/mol. The molecule has 0 amide bonds. The van der Waals surface area contributed by atoms with Gasteiger partial charge in [0, 0.05) is 31.6 Å². The number of aromatic nitrogens is 2. The number of rotatable bonds is 2. The molecule has 0 radical (unpaired) electrons. The van der Waals surface area contributed by atoms with Crippen LogP contribution in [0, 0.1) is 0 Å². The predicted octanol–water partition coefficient (Wildman–Crippen LogP) is 1.65. The molecule has 2 rings (SSSR count). The van der Waals surface area contributed by atoms with Crippen LogP contribution < -0.4 is 5.32 Å². The van der Waals surface area contributed by atoms with E-state index in [0.29, 0.717) is 25.2 Å². The van der Waals surface area contributed by atoms with Gasteiger partial charge in [-0.2, -0.15) is 13.2 Å². The van der Waals surface area contributed by atoms with Crippen molar-refractivity contribution in [3.63, 3.8) is 0 Å². The van der Waals surface area contributed by atoms with Gasteiger partial charge < -0.3 is 9.88 Å². The number of alkyl halides is 3. The first kappa shape index (κ1) is 11.4. The smallest absolute Gasteiger partial charge is 0.323 e. The average Bonchev–Trinajstić information content (AvgIpc) is 2.55. The number of hydrogen-bond acceptors (Lipinski definition) is 2.